The first-order valence-electron chi connectivity index (χ1n) is 8.24. The number of hydrogen-bond acceptors (Lipinski definition) is 5. The molecule has 0 aliphatic heterocycles. The van der Waals surface area contributed by atoms with Gasteiger partial charge in [-0.15, -0.1) is 0 Å². The number of carboxylic acid groups (broad SMARTS) is 1. The Bertz CT molecular complexity index is 938. The van der Waals surface area contributed by atoms with Crippen LogP contribution in [0, 0.1) is 12.7 Å². The number of carbonyl (C=O) groups is 1. The van der Waals surface area contributed by atoms with Crippen molar-refractivity contribution in [1.82, 2.24) is 5.16 Å². The van der Waals surface area contributed by atoms with E-state index in [0.29, 0.717) is 28.3 Å². The molecule has 0 unspecified atom stereocenters. The van der Waals surface area contributed by atoms with Crippen molar-refractivity contribution in [3.8, 4) is 5.75 Å². The van der Waals surface area contributed by atoms with Gasteiger partial charge in [-0.2, -0.15) is 0 Å². The fraction of sp³-hybridized carbons (Fsp3) is 0.200. The molecule has 0 radical (unpaired) electrons. The van der Waals surface area contributed by atoms with E-state index in [0.717, 1.165) is 0 Å². The Kier molecular flexibility index (Phi) is 5.83. The van der Waals surface area contributed by atoms with Crippen molar-refractivity contribution in [3.63, 3.8) is 0 Å². The molecule has 1 N–H and O–H groups in total. The van der Waals surface area contributed by atoms with Crippen molar-refractivity contribution in [2.24, 2.45) is 0 Å². The van der Waals surface area contributed by atoms with Gasteiger partial charge in [-0.1, -0.05) is 23.4 Å². The maximum atomic E-state index is 13.7. The molecule has 7 heteroatoms. The standard InChI is InChI=1S/C20H18FNO5/c1-13-6-17(22-27-13)12-25-10-14-7-16(20(23)24)9-18(8-14)26-11-15-4-2-3-5-19(15)21/h2-9H,10-12H2,1H3,(H,23,24). The molecule has 6 nitrogen and oxygen atoms in total. The quantitative estimate of drug-likeness (QED) is 0.642. The molecule has 0 saturated carbocycles. The van der Waals surface area contributed by atoms with Crippen molar-refractivity contribution >= 4 is 5.97 Å². The molecule has 0 bridgehead atoms. The summed E-state index contributed by atoms with van der Waals surface area (Å²) in [7, 11) is 0. The molecule has 3 aromatic rings. The Morgan fingerprint density at radius 3 is 2.67 bits per heavy atom. The number of ether oxygens (including phenoxy) is 2. The first kappa shape index (κ1) is 18.6. The lowest BCUT2D eigenvalue weighted by molar-refractivity contribution is 0.0695. The molecule has 140 valence electrons. The number of carboxylic acids is 1. The van der Waals surface area contributed by atoms with Crippen LogP contribution in [0.25, 0.3) is 0 Å². The number of aryl methyl sites for hydroxylation is 1. The molecule has 0 spiro atoms. The smallest absolute Gasteiger partial charge is 0.335 e. The molecule has 1 aromatic heterocycles. The van der Waals surface area contributed by atoms with Gasteiger partial charge in [0.15, 0.2) is 0 Å². The second kappa shape index (κ2) is 8.46. The van der Waals surface area contributed by atoms with E-state index in [4.69, 9.17) is 14.0 Å². The van der Waals surface area contributed by atoms with Gasteiger partial charge in [-0.25, -0.2) is 9.18 Å². The summed E-state index contributed by atoms with van der Waals surface area (Å²) in [5, 5.41) is 13.1. The Balaban J connectivity index is 1.68. The Morgan fingerprint density at radius 1 is 1.15 bits per heavy atom. The molecule has 0 fully saturated rings. The molecular formula is C20H18FNO5. The third-order valence-corrected chi connectivity index (χ3v) is 3.76. The van der Waals surface area contributed by atoms with Gasteiger partial charge < -0.3 is 19.1 Å². The van der Waals surface area contributed by atoms with Gasteiger partial charge in [0.25, 0.3) is 0 Å². The lowest BCUT2D eigenvalue weighted by Gasteiger charge is -2.11. The van der Waals surface area contributed by atoms with E-state index in [1.54, 1.807) is 37.3 Å². The number of aromatic nitrogens is 1. The van der Waals surface area contributed by atoms with Crippen molar-refractivity contribution in [2.75, 3.05) is 0 Å². The van der Waals surface area contributed by atoms with E-state index >= 15 is 0 Å². The normalized spacial score (nSPS) is 10.7. The lowest BCUT2D eigenvalue weighted by Crippen LogP contribution is -2.03. The molecular weight excluding hydrogens is 353 g/mol. The maximum absolute atomic E-state index is 13.7. The molecule has 0 amide bonds. The average molecular weight is 371 g/mol. The number of aromatic carboxylic acids is 1. The van der Waals surface area contributed by atoms with Crippen LogP contribution < -0.4 is 4.74 Å². The molecule has 3 rings (SSSR count). The highest BCUT2D eigenvalue weighted by molar-refractivity contribution is 5.88. The minimum atomic E-state index is -1.08. The third kappa shape index (κ3) is 5.15. The summed E-state index contributed by atoms with van der Waals surface area (Å²) in [6, 6.07) is 12.6. The van der Waals surface area contributed by atoms with Gasteiger partial charge in [-0.3, -0.25) is 0 Å². The Labute approximate surface area is 155 Å². The summed E-state index contributed by atoms with van der Waals surface area (Å²) >= 11 is 0. The minimum absolute atomic E-state index is 0.00570. The van der Waals surface area contributed by atoms with Gasteiger partial charge in [0.1, 0.15) is 29.6 Å². The predicted octanol–water partition coefficient (Wildman–Crippen LogP) is 4.12. The van der Waals surface area contributed by atoms with Crippen molar-refractivity contribution in [2.45, 2.75) is 26.7 Å². The lowest BCUT2D eigenvalue weighted by atomic mass is 10.1. The Morgan fingerprint density at radius 2 is 1.96 bits per heavy atom. The van der Waals surface area contributed by atoms with Gasteiger partial charge in [-0.05, 0) is 36.8 Å². The van der Waals surface area contributed by atoms with Gasteiger partial charge in [0.2, 0.25) is 0 Å². The van der Waals surface area contributed by atoms with E-state index in [9.17, 15) is 14.3 Å². The maximum Gasteiger partial charge on any atom is 0.335 e. The number of rotatable bonds is 8. The minimum Gasteiger partial charge on any atom is -0.489 e. The second-order valence-corrected chi connectivity index (χ2v) is 5.97. The monoisotopic (exact) mass is 371 g/mol. The van der Waals surface area contributed by atoms with E-state index in [1.807, 2.05) is 0 Å². The zero-order valence-corrected chi connectivity index (χ0v) is 14.6. The average Bonchev–Trinajstić information content (AvgIpc) is 3.06. The van der Waals surface area contributed by atoms with Gasteiger partial charge >= 0.3 is 5.97 Å². The van der Waals surface area contributed by atoms with Crippen LogP contribution in [0.15, 0.2) is 53.1 Å². The molecule has 1 heterocycles. The Hall–Kier alpha value is -3.19. The summed E-state index contributed by atoms with van der Waals surface area (Å²) in [6.45, 7) is 2.18. The van der Waals surface area contributed by atoms with Crippen LogP contribution in [-0.4, -0.2) is 16.2 Å². The zero-order valence-electron chi connectivity index (χ0n) is 14.6. The highest BCUT2D eigenvalue weighted by atomic mass is 19.1. The molecule has 27 heavy (non-hydrogen) atoms. The zero-order chi connectivity index (χ0) is 19.2. The van der Waals surface area contributed by atoms with Crippen molar-refractivity contribution in [3.05, 3.63) is 82.5 Å². The van der Waals surface area contributed by atoms with Crippen LogP contribution in [0.3, 0.4) is 0 Å². The number of hydrogen-bond donors (Lipinski definition) is 1. The van der Waals surface area contributed by atoms with Gasteiger partial charge in [0.05, 0.1) is 18.8 Å². The molecule has 0 aliphatic rings. The SMILES string of the molecule is Cc1cc(COCc2cc(OCc3ccccc3F)cc(C(=O)O)c2)no1. The molecule has 0 atom stereocenters. The van der Waals surface area contributed by atoms with Crippen LogP contribution in [0.2, 0.25) is 0 Å². The first-order valence-corrected chi connectivity index (χ1v) is 8.24. The van der Waals surface area contributed by atoms with E-state index in [1.165, 1.54) is 18.2 Å². The molecule has 0 saturated heterocycles. The number of benzene rings is 2. The van der Waals surface area contributed by atoms with Crippen LogP contribution >= 0.6 is 0 Å². The van der Waals surface area contributed by atoms with Gasteiger partial charge in [0, 0.05) is 11.6 Å². The highest BCUT2D eigenvalue weighted by Crippen LogP contribution is 2.21. The van der Waals surface area contributed by atoms with E-state index < -0.39 is 5.97 Å². The van der Waals surface area contributed by atoms with Crippen molar-refractivity contribution < 1.29 is 28.3 Å². The number of nitrogens with zero attached hydrogens (tertiary/aromatic N) is 1. The van der Waals surface area contributed by atoms with Crippen LogP contribution in [0.1, 0.15) is 32.9 Å². The number of halogens is 1. The summed E-state index contributed by atoms with van der Waals surface area (Å²) in [4.78, 5) is 11.4. The van der Waals surface area contributed by atoms with Crippen LogP contribution in [-0.2, 0) is 24.6 Å². The van der Waals surface area contributed by atoms with Crippen LogP contribution in [0.4, 0.5) is 4.39 Å². The third-order valence-electron chi connectivity index (χ3n) is 3.76. The topological polar surface area (TPSA) is 81.8 Å². The summed E-state index contributed by atoms with van der Waals surface area (Å²) in [5.74, 6) is -0.447. The molecule has 0 aliphatic carbocycles. The summed E-state index contributed by atoms with van der Waals surface area (Å²) in [6.07, 6.45) is 0. The largest absolute Gasteiger partial charge is 0.489 e. The van der Waals surface area contributed by atoms with E-state index in [2.05, 4.69) is 5.16 Å². The summed E-state index contributed by atoms with van der Waals surface area (Å²) in [5.41, 5.74) is 1.73. The highest BCUT2D eigenvalue weighted by Gasteiger charge is 2.10. The fourth-order valence-electron chi connectivity index (χ4n) is 2.49. The molecule has 2 aromatic carbocycles. The predicted molar refractivity (Wildman–Crippen MR) is 93.9 cm³/mol. The second-order valence-electron chi connectivity index (χ2n) is 5.97. The fourth-order valence-corrected chi connectivity index (χ4v) is 2.49. The summed E-state index contributed by atoms with van der Waals surface area (Å²) < 4.78 is 29.8. The van der Waals surface area contributed by atoms with E-state index in [-0.39, 0.29) is 31.2 Å². The van der Waals surface area contributed by atoms with Crippen molar-refractivity contribution in [1.29, 1.82) is 0 Å². The van der Waals surface area contributed by atoms with Crippen LogP contribution in [0.5, 0.6) is 5.75 Å². The first-order chi connectivity index (χ1) is 13.0.